The number of halogens is 1. The van der Waals surface area contributed by atoms with E-state index in [1.807, 2.05) is 30.3 Å². The van der Waals surface area contributed by atoms with Crippen LogP contribution in [0.25, 0.3) is 5.69 Å². The second-order valence-corrected chi connectivity index (χ2v) is 6.80. The zero-order chi connectivity index (χ0) is 19.0. The number of aromatic amines is 1. The first-order valence-electron chi connectivity index (χ1n) is 8.59. The van der Waals surface area contributed by atoms with E-state index in [1.165, 1.54) is 11.8 Å². The summed E-state index contributed by atoms with van der Waals surface area (Å²) in [4.78, 5) is 27.5. The molecule has 7 heteroatoms. The van der Waals surface area contributed by atoms with Gasteiger partial charge >= 0.3 is 0 Å². The highest BCUT2D eigenvalue weighted by Crippen LogP contribution is 2.26. The molecule has 0 bridgehead atoms. The van der Waals surface area contributed by atoms with Crippen LogP contribution in [0.3, 0.4) is 0 Å². The maximum absolute atomic E-state index is 13.0. The van der Waals surface area contributed by atoms with Gasteiger partial charge in [0, 0.05) is 23.7 Å². The zero-order valence-electron chi connectivity index (χ0n) is 14.7. The first-order chi connectivity index (χ1) is 13.1. The third-order valence-electron chi connectivity index (χ3n) is 4.75. The third kappa shape index (κ3) is 3.13. The molecule has 2 aromatic carbocycles. The van der Waals surface area contributed by atoms with Gasteiger partial charge in [-0.2, -0.15) is 0 Å². The Morgan fingerprint density at radius 2 is 1.96 bits per heavy atom. The normalized spacial score (nSPS) is 13.3. The van der Waals surface area contributed by atoms with Crippen LogP contribution in [-0.4, -0.2) is 34.2 Å². The monoisotopic (exact) mass is 383 g/mol. The molecule has 1 aliphatic heterocycles. The van der Waals surface area contributed by atoms with Gasteiger partial charge in [0.1, 0.15) is 5.75 Å². The summed E-state index contributed by atoms with van der Waals surface area (Å²) in [6, 6.07) is 14.3. The molecule has 6 nitrogen and oxygen atoms in total. The van der Waals surface area contributed by atoms with Crippen LogP contribution in [0.5, 0.6) is 5.75 Å². The lowest BCUT2D eigenvalue weighted by Gasteiger charge is -2.26. The quantitative estimate of drug-likeness (QED) is 0.756. The van der Waals surface area contributed by atoms with Crippen molar-refractivity contribution in [1.29, 1.82) is 0 Å². The molecule has 0 spiro atoms. The number of hydrogen-bond acceptors (Lipinski definition) is 3. The fraction of sp³-hybridized carbons (Fsp3) is 0.200. The van der Waals surface area contributed by atoms with Crippen LogP contribution in [0.15, 0.2) is 53.3 Å². The summed E-state index contributed by atoms with van der Waals surface area (Å²) < 4.78 is 6.82. The Bertz CT molecular complexity index is 1060. The van der Waals surface area contributed by atoms with E-state index >= 15 is 0 Å². The minimum absolute atomic E-state index is 0.133. The number of carbonyl (C=O) groups is 1. The van der Waals surface area contributed by atoms with Crippen molar-refractivity contribution in [3.05, 3.63) is 80.7 Å². The number of amides is 1. The minimum atomic E-state index is -0.202. The third-order valence-corrected chi connectivity index (χ3v) is 4.98. The van der Waals surface area contributed by atoms with Crippen molar-refractivity contribution in [3.8, 4) is 11.4 Å². The Hall–Kier alpha value is -2.99. The van der Waals surface area contributed by atoms with Gasteiger partial charge in [0.25, 0.3) is 11.5 Å². The number of rotatable bonds is 3. The second kappa shape index (κ2) is 6.96. The first-order valence-corrected chi connectivity index (χ1v) is 8.97. The van der Waals surface area contributed by atoms with E-state index in [4.69, 9.17) is 16.3 Å². The number of hydrogen-bond donors (Lipinski definition) is 1. The number of carbonyl (C=O) groups excluding carboxylic acids is 1. The lowest BCUT2D eigenvalue weighted by Crippen LogP contribution is -2.37. The summed E-state index contributed by atoms with van der Waals surface area (Å²) in [7, 11) is 1.51. The second-order valence-electron chi connectivity index (χ2n) is 6.37. The number of H-pyrrole nitrogens is 1. The van der Waals surface area contributed by atoms with Crippen molar-refractivity contribution in [3.63, 3.8) is 0 Å². The van der Waals surface area contributed by atoms with Gasteiger partial charge in [-0.05, 0) is 30.3 Å². The number of methoxy groups -OCH3 is 1. The maximum Gasteiger partial charge on any atom is 0.276 e. The van der Waals surface area contributed by atoms with Crippen molar-refractivity contribution in [2.24, 2.45) is 0 Å². The van der Waals surface area contributed by atoms with E-state index in [-0.39, 0.29) is 18.0 Å². The van der Waals surface area contributed by atoms with Crippen molar-refractivity contribution in [2.45, 2.75) is 13.0 Å². The molecular formula is C20H18ClN3O3. The van der Waals surface area contributed by atoms with Crippen molar-refractivity contribution >= 4 is 17.5 Å². The van der Waals surface area contributed by atoms with Crippen molar-refractivity contribution < 1.29 is 9.53 Å². The number of nitrogens with zero attached hydrogens (tertiary/aromatic N) is 2. The number of benzene rings is 2. The molecular weight excluding hydrogens is 366 g/mol. The van der Waals surface area contributed by atoms with Crippen LogP contribution < -0.4 is 10.3 Å². The highest BCUT2D eigenvalue weighted by molar-refractivity contribution is 6.31. The largest absolute Gasteiger partial charge is 0.496 e. The molecule has 2 heterocycles. The smallest absolute Gasteiger partial charge is 0.276 e. The molecule has 4 rings (SSSR count). The fourth-order valence-electron chi connectivity index (χ4n) is 3.35. The zero-order valence-corrected chi connectivity index (χ0v) is 15.5. The molecule has 0 saturated carbocycles. The molecule has 1 aromatic heterocycles. The van der Waals surface area contributed by atoms with Crippen molar-refractivity contribution in [1.82, 2.24) is 14.7 Å². The van der Waals surface area contributed by atoms with E-state index in [2.05, 4.69) is 5.10 Å². The molecule has 3 aromatic rings. The molecule has 0 unspecified atom stereocenters. The van der Waals surface area contributed by atoms with Gasteiger partial charge in [-0.3, -0.25) is 14.7 Å². The maximum atomic E-state index is 13.0. The predicted octanol–water partition coefficient (Wildman–Crippen LogP) is 3.03. The highest BCUT2D eigenvalue weighted by Gasteiger charge is 2.28. The van der Waals surface area contributed by atoms with Gasteiger partial charge in [-0.15, -0.1) is 0 Å². The van der Waals surface area contributed by atoms with Gasteiger partial charge in [-0.1, -0.05) is 29.8 Å². The number of ether oxygens (including phenoxy) is 1. The molecule has 138 valence electrons. The van der Waals surface area contributed by atoms with Crippen LogP contribution in [0.1, 0.15) is 21.6 Å². The van der Waals surface area contributed by atoms with E-state index in [9.17, 15) is 9.59 Å². The van der Waals surface area contributed by atoms with Crippen LogP contribution in [0, 0.1) is 0 Å². The number of para-hydroxylation sites is 1. The van der Waals surface area contributed by atoms with Gasteiger partial charge in [0.2, 0.25) is 0 Å². The molecule has 1 N–H and O–H groups in total. The van der Waals surface area contributed by atoms with E-state index in [0.29, 0.717) is 34.9 Å². The standard InChI is InChI=1S/C20H18ClN3O3/c1-27-18-8-7-13(21)11-15(18)19(25)23-10-9-17-16(12-23)20(26)24(22-17)14-5-3-2-4-6-14/h2-8,11,22H,9-10,12H2,1H3. The van der Waals surface area contributed by atoms with Gasteiger partial charge in [-0.25, -0.2) is 4.68 Å². The summed E-state index contributed by atoms with van der Waals surface area (Å²) in [5, 5.41) is 3.63. The Balaban J connectivity index is 1.66. The van der Waals surface area contributed by atoms with E-state index < -0.39 is 0 Å². The molecule has 27 heavy (non-hydrogen) atoms. The Morgan fingerprint density at radius 1 is 1.19 bits per heavy atom. The Kier molecular flexibility index (Phi) is 4.49. The van der Waals surface area contributed by atoms with E-state index in [1.54, 1.807) is 23.1 Å². The molecule has 0 fully saturated rings. The summed E-state index contributed by atoms with van der Waals surface area (Å²) in [6.45, 7) is 0.759. The minimum Gasteiger partial charge on any atom is -0.496 e. The first kappa shape index (κ1) is 17.4. The highest BCUT2D eigenvalue weighted by atomic mass is 35.5. The summed E-state index contributed by atoms with van der Waals surface area (Å²) in [5.74, 6) is 0.262. The number of nitrogens with one attached hydrogen (secondary N) is 1. The topological polar surface area (TPSA) is 67.3 Å². The van der Waals surface area contributed by atoms with Crippen LogP contribution in [0.4, 0.5) is 0 Å². The summed E-state index contributed by atoms with van der Waals surface area (Å²) >= 11 is 6.05. The predicted molar refractivity (Wildman–Crippen MR) is 103 cm³/mol. The summed E-state index contributed by atoms with van der Waals surface area (Å²) in [6.07, 6.45) is 0.582. The van der Waals surface area contributed by atoms with Gasteiger partial charge in [0.05, 0.1) is 30.5 Å². The molecule has 0 aliphatic carbocycles. The number of aromatic nitrogens is 2. The SMILES string of the molecule is COc1ccc(Cl)cc1C(=O)N1CCc2[nH]n(-c3ccccc3)c(=O)c2C1. The lowest BCUT2D eigenvalue weighted by atomic mass is 10.1. The number of fused-ring (bicyclic) bond motifs is 1. The van der Waals surface area contributed by atoms with Gasteiger partial charge < -0.3 is 9.64 Å². The summed E-state index contributed by atoms with van der Waals surface area (Å²) in [5.41, 5.74) is 2.51. The molecule has 1 aliphatic rings. The van der Waals surface area contributed by atoms with E-state index in [0.717, 1.165) is 11.4 Å². The lowest BCUT2D eigenvalue weighted by molar-refractivity contribution is 0.0730. The van der Waals surface area contributed by atoms with Crippen LogP contribution in [0.2, 0.25) is 5.02 Å². The Morgan fingerprint density at radius 3 is 2.70 bits per heavy atom. The fourth-order valence-corrected chi connectivity index (χ4v) is 3.53. The van der Waals surface area contributed by atoms with Gasteiger partial charge in [0.15, 0.2) is 0 Å². The molecule has 0 radical (unpaired) electrons. The Labute approximate surface area is 160 Å². The molecule has 1 amide bonds. The van der Waals surface area contributed by atoms with Crippen LogP contribution in [-0.2, 0) is 13.0 Å². The molecule has 0 atom stereocenters. The average molecular weight is 384 g/mol. The average Bonchev–Trinajstić information content (AvgIpc) is 3.04. The molecule has 0 saturated heterocycles. The van der Waals surface area contributed by atoms with Crippen LogP contribution >= 0.6 is 11.6 Å². The van der Waals surface area contributed by atoms with Crippen molar-refractivity contribution in [2.75, 3.05) is 13.7 Å².